The zero-order valence-electron chi connectivity index (χ0n) is 10.5. The number of aliphatic hydroxyl groups is 1. The summed E-state index contributed by atoms with van der Waals surface area (Å²) in [5.74, 6) is 0. The number of benzene rings is 1. The standard InChI is InChI=1S/C14H15N3O2/c18-11-6-7-14(9-19-14)13-12(11)15-16-17(13)8-10-4-2-1-3-5-10/h1-5,11,18H,6-9H2. The number of nitrogens with zero attached hydrogens (tertiary/aromatic N) is 3. The molecule has 1 N–H and O–H groups in total. The van der Waals surface area contributed by atoms with Gasteiger partial charge in [0.1, 0.15) is 11.3 Å². The average Bonchev–Trinajstić information content (AvgIpc) is 3.08. The van der Waals surface area contributed by atoms with Crippen molar-refractivity contribution >= 4 is 0 Å². The van der Waals surface area contributed by atoms with Gasteiger partial charge in [-0.3, -0.25) is 0 Å². The van der Waals surface area contributed by atoms with E-state index in [4.69, 9.17) is 4.74 Å². The van der Waals surface area contributed by atoms with E-state index in [1.165, 1.54) is 5.56 Å². The Balaban J connectivity index is 1.75. The molecule has 19 heavy (non-hydrogen) atoms. The van der Waals surface area contributed by atoms with Crippen molar-refractivity contribution in [3.63, 3.8) is 0 Å². The maximum atomic E-state index is 10.0. The monoisotopic (exact) mass is 257 g/mol. The molecule has 5 nitrogen and oxygen atoms in total. The van der Waals surface area contributed by atoms with Crippen LogP contribution in [0.15, 0.2) is 30.3 Å². The second-order valence-corrected chi connectivity index (χ2v) is 5.30. The van der Waals surface area contributed by atoms with Crippen LogP contribution in [-0.2, 0) is 16.9 Å². The Morgan fingerprint density at radius 2 is 2.16 bits per heavy atom. The Morgan fingerprint density at radius 3 is 2.89 bits per heavy atom. The summed E-state index contributed by atoms with van der Waals surface area (Å²) in [6, 6.07) is 10.1. The molecular formula is C14H15N3O2. The van der Waals surface area contributed by atoms with Crippen LogP contribution >= 0.6 is 0 Å². The Bertz CT molecular complexity index is 604. The third kappa shape index (κ3) is 1.69. The highest BCUT2D eigenvalue weighted by molar-refractivity contribution is 5.30. The molecule has 2 heterocycles. The molecule has 2 atom stereocenters. The first-order valence-electron chi connectivity index (χ1n) is 6.58. The first kappa shape index (κ1) is 11.1. The second-order valence-electron chi connectivity index (χ2n) is 5.30. The second kappa shape index (κ2) is 3.88. The van der Waals surface area contributed by atoms with Gasteiger partial charge >= 0.3 is 0 Å². The van der Waals surface area contributed by atoms with Gasteiger partial charge in [-0.25, -0.2) is 4.68 Å². The summed E-state index contributed by atoms with van der Waals surface area (Å²) in [6.45, 7) is 1.38. The fourth-order valence-corrected chi connectivity index (χ4v) is 2.88. The highest BCUT2D eigenvalue weighted by atomic mass is 16.6. The van der Waals surface area contributed by atoms with Crippen LogP contribution in [0.5, 0.6) is 0 Å². The van der Waals surface area contributed by atoms with Crippen LogP contribution in [-0.4, -0.2) is 26.7 Å². The molecule has 0 saturated carbocycles. The van der Waals surface area contributed by atoms with Crippen LogP contribution in [0.1, 0.15) is 35.9 Å². The van der Waals surface area contributed by atoms with Gasteiger partial charge in [0.2, 0.25) is 0 Å². The number of rotatable bonds is 2. The molecule has 0 bridgehead atoms. The summed E-state index contributed by atoms with van der Waals surface area (Å²) in [6.07, 6.45) is 1.05. The molecule has 4 rings (SSSR count). The molecule has 1 fully saturated rings. The fraction of sp³-hybridized carbons (Fsp3) is 0.429. The van der Waals surface area contributed by atoms with E-state index in [0.29, 0.717) is 18.7 Å². The largest absolute Gasteiger partial charge is 0.387 e. The van der Waals surface area contributed by atoms with Crippen LogP contribution in [0.4, 0.5) is 0 Å². The molecule has 0 amide bonds. The van der Waals surface area contributed by atoms with Crippen LogP contribution in [0.2, 0.25) is 0 Å². The van der Waals surface area contributed by atoms with Gasteiger partial charge in [-0.05, 0) is 18.4 Å². The highest BCUT2D eigenvalue weighted by Gasteiger charge is 2.54. The number of aromatic nitrogens is 3. The number of aliphatic hydroxyl groups excluding tert-OH is 1. The van der Waals surface area contributed by atoms with Crippen molar-refractivity contribution in [1.29, 1.82) is 0 Å². The van der Waals surface area contributed by atoms with Gasteiger partial charge in [-0.2, -0.15) is 0 Å². The van der Waals surface area contributed by atoms with Gasteiger partial charge in [0, 0.05) is 0 Å². The molecule has 2 unspecified atom stereocenters. The van der Waals surface area contributed by atoms with Crippen molar-refractivity contribution in [2.24, 2.45) is 0 Å². The van der Waals surface area contributed by atoms with E-state index in [0.717, 1.165) is 18.7 Å². The maximum Gasteiger partial charge on any atom is 0.135 e. The molecular weight excluding hydrogens is 242 g/mol. The normalized spacial score (nSPS) is 28.4. The van der Waals surface area contributed by atoms with E-state index in [1.807, 2.05) is 22.9 Å². The summed E-state index contributed by atoms with van der Waals surface area (Å²) in [5, 5.41) is 18.4. The third-order valence-corrected chi connectivity index (χ3v) is 4.00. The Labute approximate surface area is 110 Å². The predicted octanol–water partition coefficient (Wildman–Crippen LogP) is 1.38. The number of epoxide rings is 1. The Kier molecular flexibility index (Phi) is 2.28. The van der Waals surface area contributed by atoms with Crippen molar-refractivity contribution in [2.75, 3.05) is 6.61 Å². The first-order chi connectivity index (χ1) is 9.28. The lowest BCUT2D eigenvalue weighted by Crippen LogP contribution is -2.24. The van der Waals surface area contributed by atoms with E-state index in [1.54, 1.807) is 0 Å². The lowest BCUT2D eigenvalue weighted by atomic mass is 9.88. The summed E-state index contributed by atoms with van der Waals surface area (Å²) in [4.78, 5) is 0. The average molecular weight is 257 g/mol. The summed E-state index contributed by atoms with van der Waals surface area (Å²) < 4.78 is 7.51. The number of fused-ring (bicyclic) bond motifs is 2. The number of hydrogen-bond acceptors (Lipinski definition) is 4. The Hall–Kier alpha value is -1.72. The fourth-order valence-electron chi connectivity index (χ4n) is 2.88. The van der Waals surface area contributed by atoms with Gasteiger partial charge < -0.3 is 9.84 Å². The molecule has 2 aromatic rings. The van der Waals surface area contributed by atoms with E-state index < -0.39 is 6.10 Å². The van der Waals surface area contributed by atoms with Gasteiger partial charge in [-0.1, -0.05) is 35.5 Å². The van der Waals surface area contributed by atoms with Crippen molar-refractivity contribution < 1.29 is 9.84 Å². The van der Waals surface area contributed by atoms with E-state index in [9.17, 15) is 5.11 Å². The van der Waals surface area contributed by atoms with Gasteiger partial charge in [0.15, 0.2) is 0 Å². The molecule has 1 saturated heterocycles. The molecule has 98 valence electrons. The molecule has 1 spiro atoms. The quantitative estimate of drug-likeness (QED) is 0.825. The minimum atomic E-state index is -0.505. The Morgan fingerprint density at radius 1 is 1.37 bits per heavy atom. The third-order valence-electron chi connectivity index (χ3n) is 4.00. The molecule has 1 aliphatic carbocycles. The first-order valence-corrected chi connectivity index (χ1v) is 6.58. The lowest BCUT2D eigenvalue weighted by Gasteiger charge is -2.23. The zero-order chi connectivity index (χ0) is 12.9. The predicted molar refractivity (Wildman–Crippen MR) is 67.4 cm³/mol. The lowest BCUT2D eigenvalue weighted by molar-refractivity contribution is 0.122. The molecule has 5 heteroatoms. The van der Waals surface area contributed by atoms with Gasteiger partial charge in [-0.15, -0.1) is 5.10 Å². The van der Waals surface area contributed by atoms with Crippen LogP contribution in [0.3, 0.4) is 0 Å². The van der Waals surface area contributed by atoms with Crippen molar-refractivity contribution in [2.45, 2.75) is 31.1 Å². The van der Waals surface area contributed by atoms with Crippen molar-refractivity contribution in [3.05, 3.63) is 47.3 Å². The van der Waals surface area contributed by atoms with E-state index in [-0.39, 0.29) is 5.60 Å². The maximum absolute atomic E-state index is 10.0. The van der Waals surface area contributed by atoms with Crippen molar-refractivity contribution in [3.8, 4) is 0 Å². The molecule has 1 aromatic carbocycles. The van der Waals surface area contributed by atoms with Crippen LogP contribution in [0, 0.1) is 0 Å². The summed E-state index contributed by atoms with van der Waals surface area (Å²) >= 11 is 0. The SMILES string of the molecule is OC1CCC2(CO2)c2c1nnn2Cc1ccccc1. The van der Waals surface area contributed by atoms with Crippen molar-refractivity contribution in [1.82, 2.24) is 15.0 Å². The van der Waals surface area contributed by atoms with Crippen LogP contribution < -0.4 is 0 Å². The van der Waals surface area contributed by atoms with Gasteiger partial charge in [0.05, 0.1) is 24.9 Å². The number of ether oxygens (including phenoxy) is 1. The molecule has 0 radical (unpaired) electrons. The van der Waals surface area contributed by atoms with E-state index in [2.05, 4.69) is 22.4 Å². The molecule has 1 aliphatic heterocycles. The summed E-state index contributed by atoms with van der Waals surface area (Å²) in [5.41, 5.74) is 2.60. The smallest absolute Gasteiger partial charge is 0.135 e. The summed E-state index contributed by atoms with van der Waals surface area (Å²) in [7, 11) is 0. The number of hydrogen-bond donors (Lipinski definition) is 1. The zero-order valence-corrected chi connectivity index (χ0v) is 10.5. The minimum absolute atomic E-state index is 0.229. The van der Waals surface area contributed by atoms with Gasteiger partial charge in [0.25, 0.3) is 0 Å². The molecule has 2 aliphatic rings. The van der Waals surface area contributed by atoms with Crippen LogP contribution in [0.25, 0.3) is 0 Å². The highest BCUT2D eigenvalue weighted by Crippen LogP contribution is 2.50. The molecule has 1 aromatic heterocycles. The minimum Gasteiger partial charge on any atom is -0.387 e. The topological polar surface area (TPSA) is 63.5 Å². The van der Waals surface area contributed by atoms with E-state index >= 15 is 0 Å².